The van der Waals surface area contributed by atoms with Crippen molar-refractivity contribution in [1.29, 1.82) is 0 Å². The molecule has 1 aliphatic rings. The molecule has 174 valence electrons. The number of halogens is 2. The van der Waals surface area contributed by atoms with Gasteiger partial charge >= 0.3 is 0 Å². The Bertz CT molecular complexity index is 1320. The molecule has 9 heteroatoms. The summed E-state index contributed by atoms with van der Waals surface area (Å²) in [5, 5.41) is 4.97. The quantitative estimate of drug-likeness (QED) is 0.417. The minimum atomic E-state index is -3.85. The zero-order valence-corrected chi connectivity index (χ0v) is 22.0. The highest BCUT2D eigenvalue weighted by atomic mass is 79.9. The number of sulfonamides is 1. The third kappa shape index (κ3) is 4.07. The van der Waals surface area contributed by atoms with Crippen LogP contribution in [0.3, 0.4) is 0 Å². The van der Waals surface area contributed by atoms with Crippen LogP contribution in [-0.4, -0.2) is 35.0 Å². The van der Waals surface area contributed by atoms with Crippen LogP contribution in [0.15, 0.2) is 57.9 Å². The van der Waals surface area contributed by atoms with E-state index in [9.17, 15) is 13.2 Å². The Labute approximate surface area is 207 Å². The van der Waals surface area contributed by atoms with Gasteiger partial charge in [0, 0.05) is 11.6 Å². The Morgan fingerprint density at radius 3 is 2.24 bits per heavy atom. The Morgan fingerprint density at radius 1 is 1.09 bits per heavy atom. The van der Waals surface area contributed by atoms with Crippen LogP contribution in [0.1, 0.15) is 46.7 Å². The number of hydrogen-bond donors (Lipinski definition) is 0. The van der Waals surface area contributed by atoms with Gasteiger partial charge in [0.2, 0.25) is 10.0 Å². The number of benzene rings is 2. The highest BCUT2D eigenvalue weighted by Gasteiger charge is 2.54. The molecule has 0 unspecified atom stereocenters. The molecule has 0 bridgehead atoms. The van der Waals surface area contributed by atoms with E-state index in [1.54, 1.807) is 48.5 Å². The molecule has 1 aromatic heterocycles. The number of aryl methyl sites for hydroxylation is 2. The molecule has 0 N–H and O–H groups in total. The Kier molecular flexibility index (Phi) is 6.33. The first-order valence-electron chi connectivity index (χ1n) is 10.6. The van der Waals surface area contributed by atoms with Crippen molar-refractivity contribution < 1.29 is 13.2 Å². The van der Waals surface area contributed by atoms with Crippen molar-refractivity contribution in [3.05, 3.63) is 80.5 Å². The van der Waals surface area contributed by atoms with Crippen LogP contribution in [0.5, 0.6) is 0 Å². The summed E-state index contributed by atoms with van der Waals surface area (Å²) in [6, 6.07) is 13.1. The molecule has 0 amide bonds. The van der Waals surface area contributed by atoms with Crippen molar-refractivity contribution in [2.24, 2.45) is 5.41 Å². The normalized spacial score (nSPS) is 21.5. The smallest absolute Gasteiger partial charge is 0.255 e. The second kappa shape index (κ2) is 8.65. The number of carbonyl (C=O) groups excluding carboxylic acids is 1. The fourth-order valence-electron chi connectivity index (χ4n) is 4.50. The van der Waals surface area contributed by atoms with Crippen molar-refractivity contribution in [2.45, 2.75) is 45.1 Å². The van der Waals surface area contributed by atoms with E-state index in [-0.39, 0.29) is 17.3 Å². The molecule has 0 spiro atoms. The van der Waals surface area contributed by atoms with E-state index in [0.717, 1.165) is 10.0 Å². The Morgan fingerprint density at radius 2 is 1.70 bits per heavy atom. The third-order valence-electron chi connectivity index (χ3n) is 6.44. The van der Waals surface area contributed by atoms with Gasteiger partial charge in [0.15, 0.2) is 0 Å². The minimum absolute atomic E-state index is 0.206. The number of aromatic nitrogens is 2. The van der Waals surface area contributed by atoms with E-state index in [2.05, 4.69) is 21.0 Å². The summed E-state index contributed by atoms with van der Waals surface area (Å²) in [4.78, 5) is 14.1. The number of hydrogen-bond acceptors (Lipinski definition) is 4. The van der Waals surface area contributed by atoms with Gasteiger partial charge in [-0.1, -0.05) is 41.4 Å². The fourth-order valence-corrected chi connectivity index (χ4v) is 6.58. The van der Waals surface area contributed by atoms with Gasteiger partial charge < -0.3 is 0 Å². The summed E-state index contributed by atoms with van der Waals surface area (Å²) in [6.07, 6.45) is 0.361. The molecule has 2 heterocycles. The lowest BCUT2D eigenvalue weighted by Crippen LogP contribution is -2.41. The van der Waals surface area contributed by atoms with E-state index in [1.165, 1.54) is 8.99 Å². The van der Waals surface area contributed by atoms with Crippen molar-refractivity contribution in [3.63, 3.8) is 0 Å². The van der Waals surface area contributed by atoms with Crippen molar-refractivity contribution in [1.82, 2.24) is 14.1 Å². The predicted molar refractivity (Wildman–Crippen MR) is 132 cm³/mol. The van der Waals surface area contributed by atoms with Gasteiger partial charge in [0.05, 0.1) is 32.2 Å². The zero-order chi connectivity index (χ0) is 24.1. The van der Waals surface area contributed by atoms with Crippen LogP contribution in [0.2, 0.25) is 5.02 Å². The van der Waals surface area contributed by atoms with Gasteiger partial charge in [0.1, 0.15) is 0 Å². The van der Waals surface area contributed by atoms with Crippen LogP contribution < -0.4 is 0 Å². The summed E-state index contributed by atoms with van der Waals surface area (Å²) in [6.45, 7) is 7.59. The summed E-state index contributed by atoms with van der Waals surface area (Å²) in [5.74, 6) is -0.240. The molecule has 4 rings (SSSR count). The van der Waals surface area contributed by atoms with Gasteiger partial charge in [-0.3, -0.25) is 4.79 Å². The predicted octanol–water partition coefficient (Wildman–Crippen LogP) is 5.71. The first-order chi connectivity index (χ1) is 15.5. The van der Waals surface area contributed by atoms with Crippen LogP contribution in [0.25, 0.3) is 0 Å². The summed E-state index contributed by atoms with van der Waals surface area (Å²) < 4.78 is 31.1. The van der Waals surface area contributed by atoms with Gasteiger partial charge in [-0.05, 0) is 79.9 Å². The fraction of sp³-hybridized carbons (Fsp3) is 0.333. The summed E-state index contributed by atoms with van der Waals surface area (Å²) in [5.41, 5.74) is 2.04. The lowest BCUT2D eigenvalue weighted by Gasteiger charge is -2.34. The molecule has 1 saturated heterocycles. The van der Waals surface area contributed by atoms with E-state index in [0.29, 0.717) is 28.4 Å². The molecule has 33 heavy (non-hydrogen) atoms. The van der Waals surface area contributed by atoms with Crippen LogP contribution in [0.4, 0.5) is 0 Å². The highest BCUT2D eigenvalue weighted by molar-refractivity contribution is 9.10. The van der Waals surface area contributed by atoms with Crippen molar-refractivity contribution >= 4 is 43.5 Å². The minimum Gasteiger partial charge on any atom is -0.272 e. The number of rotatable bonds is 4. The van der Waals surface area contributed by atoms with Crippen molar-refractivity contribution in [2.75, 3.05) is 6.54 Å². The molecule has 0 saturated carbocycles. The van der Waals surface area contributed by atoms with Gasteiger partial charge in [0.25, 0.3) is 5.91 Å². The largest absolute Gasteiger partial charge is 0.272 e. The molecule has 1 aliphatic heterocycles. The molecule has 0 aliphatic carbocycles. The average molecular weight is 551 g/mol. The SMILES string of the molecule is Cc1ccc(S(=O)(=O)N2CC[C@](C)(C(=O)n3nc(C)c(Br)c3C)[C@H]2c2ccc(Cl)cc2)cc1. The van der Waals surface area contributed by atoms with E-state index in [1.807, 2.05) is 27.7 Å². The van der Waals surface area contributed by atoms with Gasteiger partial charge in [-0.2, -0.15) is 9.40 Å². The van der Waals surface area contributed by atoms with Crippen LogP contribution >= 0.6 is 27.5 Å². The molecule has 0 radical (unpaired) electrons. The lowest BCUT2D eigenvalue weighted by molar-refractivity contribution is 0.0655. The van der Waals surface area contributed by atoms with E-state index in [4.69, 9.17) is 11.6 Å². The maximum Gasteiger partial charge on any atom is 0.255 e. The maximum absolute atomic E-state index is 13.9. The highest BCUT2D eigenvalue weighted by Crippen LogP contribution is 2.50. The third-order valence-corrected chi connectivity index (χ3v) is 9.72. The first-order valence-corrected chi connectivity index (χ1v) is 13.2. The Balaban J connectivity index is 1.85. The first kappa shape index (κ1) is 24.1. The molecular weight excluding hydrogens is 526 g/mol. The number of carbonyl (C=O) groups is 1. The van der Waals surface area contributed by atoms with E-state index >= 15 is 0 Å². The number of nitrogens with zero attached hydrogens (tertiary/aromatic N) is 3. The second-order valence-electron chi connectivity index (χ2n) is 8.75. The molecule has 1 fully saturated rings. The zero-order valence-electron chi connectivity index (χ0n) is 18.8. The average Bonchev–Trinajstić information content (AvgIpc) is 3.27. The molecule has 3 aromatic rings. The van der Waals surface area contributed by atoms with Crippen molar-refractivity contribution in [3.8, 4) is 0 Å². The van der Waals surface area contributed by atoms with Crippen LogP contribution in [0, 0.1) is 26.2 Å². The molecule has 2 atom stereocenters. The topological polar surface area (TPSA) is 72.3 Å². The molecular formula is C24H25BrClN3O3S. The Hall–Kier alpha value is -2.00. The van der Waals surface area contributed by atoms with Gasteiger partial charge in [-0.15, -0.1) is 0 Å². The van der Waals surface area contributed by atoms with E-state index < -0.39 is 21.5 Å². The monoisotopic (exact) mass is 549 g/mol. The molecule has 6 nitrogen and oxygen atoms in total. The molecule has 2 aromatic carbocycles. The lowest BCUT2D eigenvalue weighted by atomic mass is 9.78. The summed E-state index contributed by atoms with van der Waals surface area (Å²) >= 11 is 9.59. The maximum atomic E-state index is 13.9. The standard InChI is InChI=1S/C24H25BrClN3O3S/c1-15-5-11-20(12-6-15)33(31,32)28-14-13-24(4,22(28)18-7-9-19(26)10-8-18)23(30)29-17(3)21(25)16(2)27-29/h5-12,22H,13-14H2,1-4H3/t22-,24+/m1/s1. The summed E-state index contributed by atoms with van der Waals surface area (Å²) in [7, 11) is -3.85. The second-order valence-corrected chi connectivity index (χ2v) is 11.9. The van der Waals surface area contributed by atoms with Gasteiger partial charge in [-0.25, -0.2) is 13.1 Å². The van der Waals surface area contributed by atoms with Crippen LogP contribution in [-0.2, 0) is 10.0 Å².